The Kier molecular flexibility index (Phi) is 30.0. The van der Waals surface area contributed by atoms with Crippen LogP contribution in [0, 0.1) is 13.8 Å². The van der Waals surface area contributed by atoms with Crippen LogP contribution in [0.25, 0.3) is 0 Å². The minimum absolute atomic E-state index is 0.0266. The van der Waals surface area contributed by atoms with E-state index < -0.39 is 52.0 Å². The molecular weight excluding hydrogens is 999 g/mol. The van der Waals surface area contributed by atoms with Crippen molar-refractivity contribution in [2.75, 3.05) is 138 Å². The lowest BCUT2D eigenvalue weighted by atomic mass is 10.0. The first-order valence-corrected chi connectivity index (χ1v) is 26.9. The second kappa shape index (κ2) is 34.8. The quantitative estimate of drug-likeness (QED) is 0.0363. The van der Waals surface area contributed by atoms with Crippen LogP contribution in [0.4, 0.5) is 0 Å². The average Bonchev–Trinajstić information content (AvgIpc) is 3.30. The van der Waals surface area contributed by atoms with Crippen LogP contribution in [0.3, 0.4) is 0 Å². The van der Waals surface area contributed by atoms with Gasteiger partial charge in [-0.2, -0.15) is 0 Å². The number of carboxylic acid groups (broad SMARTS) is 2. The maximum Gasteiger partial charge on any atom is 0.317 e. The fourth-order valence-corrected chi connectivity index (χ4v) is 8.72. The molecule has 1 aliphatic heterocycles. The maximum atomic E-state index is 13.7. The maximum absolute atomic E-state index is 13.7. The standard InChI is InChI=1S/C47H77N7O17S2/c1-4-51-15-17-52(19-20-54(35-45(59)60)22-21-53(18-16-51)34-44(57)58)33-43(56)50-41(32-38-9-11-39(12-10-38)71-73(64,65)66)47(61)49-14-7-24-68-27-29-69-28-26-67-23-6-13-48-42(55)8-5-25-70-40-30-36(2)46(72(62)63)37(3)31-40/h9-12,30-31,41,64-66H,4-8,13-29,32-35H2,1-3H3,(H,48,55)(H,49,61)(H,50,56)(H,57,58)(H,59,60)(H,62,63)/t41-/m1/s1. The van der Waals surface area contributed by atoms with Crippen LogP contribution in [-0.4, -0.2) is 226 Å². The normalized spacial score (nSPS) is 15.8. The third-order valence-electron chi connectivity index (χ3n) is 11.4. The van der Waals surface area contributed by atoms with Crippen molar-refractivity contribution < 1.29 is 79.7 Å². The minimum Gasteiger partial charge on any atom is -0.494 e. The zero-order valence-corrected chi connectivity index (χ0v) is 43.8. The van der Waals surface area contributed by atoms with Gasteiger partial charge in [-0.3, -0.25) is 52.3 Å². The van der Waals surface area contributed by atoms with E-state index in [1.165, 1.54) is 12.1 Å². The van der Waals surface area contributed by atoms with Crippen LogP contribution in [0.2, 0.25) is 0 Å². The lowest BCUT2D eigenvalue weighted by Gasteiger charge is -2.33. The topological polar surface area (TPSA) is 319 Å². The molecular formula is C47H77N7O17S2. The van der Waals surface area contributed by atoms with E-state index >= 15 is 0 Å². The number of amides is 3. The summed E-state index contributed by atoms with van der Waals surface area (Å²) in [6.45, 7) is 12.2. The molecule has 1 heterocycles. The molecule has 24 nitrogen and oxygen atoms in total. The summed E-state index contributed by atoms with van der Waals surface area (Å²) in [6, 6.07) is 8.27. The summed E-state index contributed by atoms with van der Waals surface area (Å²) in [5.74, 6) is -2.42. The first-order valence-electron chi connectivity index (χ1n) is 24.4. The van der Waals surface area contributed by atoms with E-state index in [-0.39, 0.29) is 44.3 Å². The number of hydrogen-bond acceptors (Lipinski definition) is 18. The molecule has 3 rings (SSSR count). The fourth-order valence-electron chi connectivity index (χ4n) is 7.68. The Labute approximate surface area is 432 Å². The summed E-state index contributed by atoms with van der Waals surface area (Å²) in [5, 5.41) is 27.6. The lowest BCUT2D eigenvalue weighted by Crippen LogP contribution is -2.52. The van der Waals surface area contributed by atoms with Crippen molar-refractivity contribution in [3.8, 4) is 11.5 Å². The minimum atomic E-state index is -4.26. The van der Waals surface area contributed by atoms with E-state index in [1.807, 2.05) is 11.8 Å². The molecule has 2 aromatic rings. The van der Waals surface area contributed by atoms with Gasteiger partial charge in [0.15, 0.2) is 11.1 Å². The second-order valence-electron chi connectivity index (χ2n) is 17.3. The molecule has 0 saturated carbocycles. The predicted molar refractivity (Wildman–Crippen MR) is 272 cm³/mol. The molecule has 0 bridgehead atoms. The van der Waals surface area contributed by atoms with Gasteiger partial charge in [0.2, 0.25) is 17.7 Å². The van der Waals surface area contributed by atoms with Crippen molar-refractivity contribution in [3.63, 3.8) is 0 Å². The van der Waals surface area contributed by atoms with Gasteiger partial charge in [-0.25, -0.2) is 4.21 Å². The highest BCUT2D eigenvalue weighted by Gasteiger charge is 2.25. The van der Waals surface area contributed by atoms with Crippen molar-refractivity contribution >= 4 is 51.9 Å². The molecule has 26 heteroatoms. The number of aliphatic carboxylic acids is 2. The van der Waals surface area contributed by atoms with Crippen LogP contribution in [0.15, 0.2) is 41.3 Å². The van der Waals surface area contributed by atoms with E-state index in [0.717, 1.165) is 0 Å². The number of rotatable bonds is 33. The van der Waals surface area contributed by atoms with Crippen LogP contribution in [0.5, 0.6) is 11.5 Å². The number of nitrogens with one attached hydrogen (secondary N) is 3. The van der Waals surface area contributed by atoms with Gasteiger partial charge in [-0.15, -0.1) is 0 Å². The van der Waals surface area contributed by atoms with Crippen molar-refractivity contribution in [1.82, 2.24) is 35.6 Å². The van der Waals surface area contributed by atoms with Crippen molar-refractivity contribution in [2.45, 2.75) is 63.8 Å². The van der Waals surface area contributed by atoms with Crippen molar-refractivity contribution in [3.05, 3.63) is 53.1 Å². The highest BCUT2D eigenvalue weighted by atomic mass is 32.3. The van der Waals surface area contributed by atoms with Gasteiger partial charge in [0, 0.05) is 91.5 Å². The summed E-state index contributed by atoms with van der Waals surface area (Å²) in [7, 11) is 0. The highest BCUT2D eigenvalue weighted by molar-refractivity contribution is 8.15. The molecule has 0 aliphatic carbocycles. The third-order valence-corrected chi connectivity index (χ3v) is 12.8. The van der Waals surface area contributed by atoms with Gasteiger partial charge >= 0.3 is 11.9 Å². The van der Waals surface area contributed by atoms with Gasteiger partial charge in [-0.1, -0.05) is 19.1 Å². The van der Waals surface area contributed by atoms with Crippen LogP contribution >= 0.6 is 11.2 Å². The number of carboxylic acids is 2. The number of benzene rings is 2. The molecule has 1 saturated heterocycles. The largest absolute Gasteiger partial charge is 0.494 e. The fraction of sp³-hybridized carbons (Fsp3) is 0.638. The van der Waals surface area contributed by atoms with Crippen molar-refractivity contribution in [2.24, 2.45) is 0 Å². The Hall–Kier alpha value is -4.55. The summed E-state index contributed by atoms with van der Waals surface area (Å²) in [5.41, 5.74) is 1.93. The van der Waals surface area contributed by atoms with E-state index in [4.69, 9.17) is 23.1 Å². The Morgan fingerprint density at radius 3 is 1.60 bits per heavy atom. The molecule has 1 aliphatic rings. The van der Waals surface area contributed by atoms with Gasteiger partial charge in [0.05, 0.1) is 57.6 Å². The first-order chi connectivity index (χ1) is 34.8. The Bertz CT molecular complexity index is 1990. The number of nitrogens with zero attached hydrogens (tertiary/aromatic N) is 4. The molecule has 1 unspecified atom stereocenters. The van der Waals surface area contributed by atoms with Crippen LogP contribution in [0.1, 0.15) is 49.3 Å². The molecule has 2 atom stereocenters. The molecule has 1 fully saturated rings. The lowest BCUT2D eigenvalue weighted by molar-refractivity contribution is -0.140. The Balaban J connectivity index is 1.37. The number of aryl methyl sites for hydroxylation is 2. The summed E-state index contributed by atoms with van der Waals surface area (Å²) >= 11 is -6.33. The van der Waals surface area contributed by atoms with Crippen molar-refractivity contribution in [1.29, 1.82) is 0 Å². The average molecular weight is 1080 g/mol. The van der Waals surface area contributed by atoms with Gasteiger partial charge < -0.3 is 58.7 Å². The number of hydrogen-bond donors (Lipinski definition) is 9. The number of carbonyl (C=O) groups is 5. The molecule has 9 N–H and O–H groups in total. The van der Waals surface area contributed by atoms with Crippen LogP contribution < -0.4 is 24.9 Å². The number of ether oxygens (including phenoxy) is 4. The predicted octanol–water partition coefficient (Wildman–Crippen LogP) is 1.76. The van der Waals surface area contributed by atoms with Crippen LogP contribution in [-0.2, 0) is 55.7 Å². The Morgan fingerprint density at radius 2 is 1.12 bits per heavy atom. The summed E-state index contributed by atoms with van der Waals surface area (Å²) in [6.07, 6.45) is 1.96. The first kappa shape index (κ1) is 62.7. The Morgan fingerprint density at radius 1 is 0.644 bits per heavy atom. The number of likely N-dealkylation sites (N-methyl/N-ethyl adjacent to an activating group) is 1. The van der Waals surface area contributed by atoms with E-state index in [1.54, 1.807) is 47.9 Å². The monoisotopic (exact) mass is 1080 g/mol. The van der Waals surface area contributed by atoms with Gasteiger partial charge in [0.25, 0.3) is 11.2 Å². The molecule has 3 amide bonds. The summed E-state index contributed by atoms with van der Waals surface area (Å²) < 4.78 is 76.0. The molecule has 0 radical (unpaired) electrons. The molecule has 0 spiro atoms. The van der Waals surface area contributed by atoms with Gasteiger partial charge in [0.1, 0.15) is 17.5 Å². The van der Waals surface area contributed by atoms with Gasteiger partial charge in [-0.05, 0) is 80.6 Å². The number of carbonyl (C=O) groups excluding carboxylic acids is 3. The highest BCUT2D eigenvalue weighted by Crippen LogP contribution is 2.35. The smallest absolute Gasteiger partial charge is 0.317 e. The van der Waals surface area contributed by atoms with E-state index in [9.17, 15) is 56.6 Å². The SMILES string of the molecule is CCN1CCN(CC(=O)O)CCN(CC(=O)O)CCN(CC(=O)N[C@H](Cc2ccc(OS(O)(O)O)cc2)C(=O)NCCCOCCOCCOCCCNC(=O)CCCOc2cc(C)c(S(=O)O)c(C)c2)CC1. The second-order valence-corrected chi connectivity index (χ2v) is 19.4. The molecule has 414 valence electrons. The van der Waals surface area contributed by atoms with E-state index in [2.05, 4.69) is 20.9 Å². The zero-order valence-electron chi connectivity index (χ0n) is 42.2. The molecule has 73 heavy (non-hydrogen) atoms. The summed E-state index contributed by atoms with van der Waals surface area (Å²) in [4.78, 5) is 70.6. The molecule has 0 aromatic heterocycles. The molecule has 2 aromatic carbocycles. The third kappa shape index (κ3) is 28.1. The zero-order chi connectivity index (χ0) is 53.6. The van der Waals surface area contributed by atoms with E-state index in [0.29, 0.717) is 165 Å².